The molecule has 2 N–H and O–H groups in total. The molecule has 0 unspecified atom stereocenters. The Balaban J connectivity index is -0.000000405. The summed E-state index contributed by atoms with van der Waals surface area (Å²) in [7, 11) is -5.00. The predicted molar refractivity (Wildman–Crippen MR) is 26.7 cm³/mol. The summed E-state index contributed by atoms with van der Waals surface area (Å²) in [5.41, 5.74) is 0. The van der Waals surface area contributed by atoms with Gasteiger partial charge in [-0.3, -0.25) is 0 Å². The quantitative estimate of drug-likeness (QED) is 0.331. The van der Waals surface area contributed by atoms with Gasteiger partial charge in [-0.1, -0.05) is 0 Å². The Kier molecular flexibility index (Phi) is 13.9. The Bertz CT molecular complexity index is 137. The van der Waals surface area contributed by atoms with E-state index < -0.39 is 27.1 Å². The average Bonchev–Trinajstić information content (AvgIpc) is 1.81. The first-order chi connectivity index (χ1) is 4.45. The summed E-state index contributed by atoms with van der Waals surface area (Å²) in [4.78, 5) is 19.4. The molecule has 0 radical (unpaired) electrons. The maximum absolute atomic E-state index is 9.71. The molecule has 12 heavy (non-hydrogen) atoms. The number of aliphatic hydroxyl groups is 2. The molecule has 6 nitrogen and oxygen atoms in total. The Morgan fingerprint density at radius 1 is 1.42 bits per heavy atom. The van der Waals surface area contributed by atoms with Crippen LogP contribution in [0.15, 0.2) is 0 Å². The van der Waals surface area contributed by atoms with Crippen molar-refractivity contribution in [3.05, 3.63) is 0 Å². The third-order valence-corrected chi connectivity index (χ3v) is 1.10. The normalized spacial score (nSPS) is 12.7. The summed E-state index contributed by atoms with van der Waals surface area (Å²) in [6.07, 6.45) is -1.32. The van der Waals surface area contributed by atoms with Crippen LogP contribution >= 0.6 is 7.82 Å². The van der Waals surface area contributed by atoms with Crippen LogP contribution < -0.4 is 47.5 Å². The maximum Gasteiger partial charge on any atom is 1.00 e. The molecule has 0 aliphatic heterocycles. The second kappa shape index (κ2) is 8.81. The summed E-state index contributed by atoms with van der Waals surface area (Å²) in [6.45, 7) is -1.33. The number of rotatable bonds is 4. The minimum Gasteiger partial charge on any atom is -0.790 e. The van der Waals surface area contributed by atoms with E-state index in [0.717, 1.165) is 0 Å². The van der Waals surface area contributed by atoms with Gasteiger partial charge in [0.1, 0.15) is 6.10 Å². The van der Waals surface area contributed by atoms with E-state index in [1.165, 1.54) is 0 Å². The first kappa shape index (κ1) is 18.9. The van der Waals surface area contributed by atoms with E-state index in [0.29, 0.717) is 0 Å². The standard InChI is InChI=1S/C3H9O6P.2Li/c4-1-3(5)2-9-10(6,7)8;;/h3-5H,1-2H2,(H2,6,7,8);;/q;2*+1/p-2/t3-;;/m1../s1. The molecule has 0 bridgehead atoms. The van der Waals surface area contributed by atoms with Crippen molar-refractivity contribution in [2.75, 3.05) is 13.2 Å². The molecule has 0 aliphatic rings. The molecule has 0 aromatic heterocycles. The molecule has 9 heteroatoms. The Morgan fingerprint density at radius 3 is 2.08 bits per heavy atom. The van der Waals surface area contributed by atoms with E-state index >= 15 is 0 Å². The van der Waals surface area contributed by atoms with E-state index in [9.17, 15) is 14.4 Å². The van der Waals surface area contributed by atoms with E-state index in [1.807, 2.05) is 0 Å². The van der Waals surface area contributed by atoms with Crippen molar-refractivity contribution in [1.82, 2.24) is 0 Å². The average molecular weight is 184 g/mol. The van der Waals surface area contributed by atoms with Gasteiger partial charge in [0.25, 0.3) is 0 Å². The van der Waals surface area contributed by atoms with Gasteiger partial charge in [0.05, 0.1) is 21.0 Å². The third kappa shape index (κ3) is 13.8. The zero-order valence-electron chi connectivity index (χ0n) is 6.97. The molecular weight excluding hydrogens is 177 g/mol. The van der Waals surface area contributed by atoms with Gasteiger partial charge >= 0.3 is 37.7 Å². The number of phosphoric ester groups is 1. The zero-order chi connectivity index (χ0) is 8.20. The minimum atomic E-state index is -5.00. The van der Waals surface area contributed by atoms with Crippen LogP contribution in [0.3, 0.4) is 0 Å². The summed E-state index contributed by atoms with van der Waals surface area (Å²) in [5.74, 6) is 0. The second-order valence-corrected chi connectivity index (χ2v) is 2.73. The molecule has 62 valence electrons. The number of aliphatic hydroxyl groups excluding tert-OH is 2. The van der Waals surface area contributed by atoms with Crippen LogP contribution in [0.1, 0.15) is 0 Å². The van der Waals surface area contributed by atoms with Crippen LogP contribution in [0, 0.1) is 0 Å². The Labute approximate surface area is 93.9 Å². The SMILES string of the molecule is O=P([O-])([O-])OC[C@H](O)CO.[Li+].[Li+]. The molecule has 0 aromatic rings. The molecule has 0 saturated heterocycles. The van der Waals surface area contributed by atoms with Gasteiger partial charge in [0.15, 0.2) is 0 Å². The molecule has 0 fully saturated rings. The van der Waals surface area contributed by atoms with Gasteiger partial charge in [0, 0.05) is 0 Å². The van der Waals surface area contributed by atoms with Gasteiger partial charge in [-0.15, -0.1) is 0 Å². The fourth-order valence-electron chi connectivity index (χ4n) is 0.230. The van der Waals surface area contributed by atoms with Crippen molar-refractivity contribution < 1.29 is 66.8 Å². The smallest absolute Gasteiger partial charge is 0.790 e. The van der Waals surface area contributed by atoms with Crippen molar-refractivity contribution in [2.45, 2.75) is 6.10 Å². The monoisotopic (exact) mass is 184 g/mol. The largest absolute Gasteiger partial charge is 1.00 e. The van der Waals surface area contributed by atoms with Gasteiger partial charge in [0.2, 0.25) is 0 Å². The van der Waals surface area contributed by atoms with E-state index in [-0.39, 0.29) is 37.7 Å². The number of hydrogen-bond acceptors (Lipinski definition) is 6. The van der Waals surface area contributed by atoms with Crippen LogP contribution in [0.25, 0.3) is 0 Å². The summed E-state index contributed by atoms with van der Waals surface area (Å²) in [5, 5.41) is 16.6. The fraction of sp³-hybridized carbons (Fsp3) is 1.00. The molecule has 0 saturated carbocycles. The number of hydrogen-bond donors (Lipinski definition) is 2. The van der Waals surface area contributed by atoms with E-state index in [1.54, 1.807) is 0 Å². The van der Waals surface area contributed by atoms with Crippen molar-refractivity contribution in [3.8, 4) is 0 Å². The molecule has 0 aliphatic carbocycles. The Morgan fingerprint density at radius 2 is 1.83 bits per heavy atom. The third-order valence-electron chi connectivity index (χ3n) is 0.636. The Hall–Kier alpha value is 1.22. The van der Waals surface area contributed by atoms with Gasteiger partial charge in [-0.05, 0) is 0 Å². The summed E-state index contributed by atoms with van der Waals surface area (Å²) < 4.78 is 13.3. The van der Waals surface area contributed by atoms with Gasteiger partial charge in [-0.2, -0.15) is 0 Å². The van der Waals surface area contributed by atoms with Gasteiger partial charge < -0.3 is 29.1 Å². The molecule has 0 heterocycles. The number of phosphoric acid groups is 1. The van der Waals surface area contributed by atoms with Crippen LogP contribution in [-0.2, 0) is 9.09 Å². The predicted octanol–water partition coefficient (Wildman–Crippen LogP) is -8.81. The van der Waals surface area contributed by atoms with E-state index in [4.69, 9.17) is 10.2 Å². The molecule has 0 aromatic carbocycles. The topological polar surface area (TPSA) is 113 Å². The molecule has 0 amide bonds. The molecular formula is C3H7Li2O6P. The summed E-state index contributed by atoms with van der Waals surface area (Å²) in [6, 6.07) is 0. The molecule has 1 atom stereocenters. The van der Waals surface area contributed by atoms with Crippen molar-refractivity contribution in [1.29, 1.82) is 0 Å². The minimum absolute atomic E-state index is 0. The van der Waals surface area contributed by atoms with Crippen LogP contribution in [0.2, 0.25) is 0 Å². The van der Waals surface area contributed by atoms with Crippen LogP contribution in [-0.4, -0.2) is 29.5 Å². The van der Waals surface area contributed by atoms with E-state index in [2.05, 4.69) is 4.52 Å². The van der Waals surface area contributed by atoms with Crippen LogP contribution in [0.5, 0.6) is 0 Å². The second-order valence-electron chi connectivity index (χ2n) is 1.58. The molecule has 0 spiro atoms. The van der Waals surface area contributed by atoms with Gasteiger partial charge in [-0.25, -0.2) is 0 Å². The van der Waals surface area contributed by atoms with Crippen molar-refractivity contribution in [3.63, 3.8) is 0 Å². The van der Waals surface area contributed by atoms with Crippen LogP contribution in [0.4, 0.5) is 0 Å². The first-order valence-electron chi connectivity index (χ1n) is 2.41. The van der Waals surface area contributed by atoms with Crippen molar-refractivity contribution >= 4 is 7.82 Å². The fourth-order valence-corrected chi connectivity index (χ4v) is 0.585. The molecule has 0 rings (SSSR count). The summed E-state index contributed by atoms with van der Waals surface area (Å²) >= 11 is 0. The zero-order valence-corrected chi connectivity index (χ0v) is 7.86. The first-order valence-corrected chi connectivity index (χ1v) is 3.87. The van der Waals surface area contributed by atoms with Crippen molar-refractivity contribution in [2.24, 2.45) is 0 Å². The maximum atomic E-state index is 9.71.